The summed E-state index contributed by atoms with van der Waals surface area (Å²) in [5, 5.41) is 12.6. The summed E-state index contributed by atoms with van der Waals surface area (Å²) in [6, 6.07) is 44.3. The second kappa shape index (κ2) is 17.5. The van der Waals surface area contributed by atoms with Gasteiger partial charge in [0.05, 0.1) is 33.1 Å². The van der Waals surface area contributed by atoms with Crippen LogP contribution in [0.25, 0.3) is 99.0 Å². The van der Waals surface area contributed by atoms with Gasteiger partial charge in [-0.2, -0.15) is 5.10 Å². The molecule has 356 valence electrons. The Labute approximate surface area is 418 Å². The Morgan fingerprint density at radius 1 is 0.534 bits per heavy atom. The van der Waals surface area contributed by atoms with Gasteiger partial charge in [-0.15, -0.1) is 0 Å². The first-order valence-corrected chi connectivity index (χ1v) is 24.6. The van der Waals surface area contributed by atoms with E-state index in [1.54, 1.807) is 45.8 Å². The standard InChI is InChI=1S/C61H48FN9O2/c1-36-24-48(13-8-43(36)35-69-22-20-68(3)21-23-69)70-57(72)19-12-42-33-65-59-46(26-44(31-52(59)61(42)70)47-25-40-6-4-5-7-54(40)63-34-47)27-45-28-49(14-15-53(45)62)71-58(73)18-11-41-32-64-55-16-9-39(30-51(55)60(41)71)38-10-17-56-50(29-38)37(2)66-67-56/h4-19,24-26,28-34H,20-23,27,35H2,1-3H3,(H,66,67). The lowest BCUT2D eigenvalue weighted by molar-refractivity contribution is 0.148. The molecule has 0 amide bonds. The van der Waals surface area contributed by atoms with Gasteiger partial charge in [-0.1, -0.05) is 36.4 Å². The Morgan fingerprint density at radius 3 is 1.99 bits per heavy atom. The molecule has 1 saturated heterocycles. The molecule has 11 nitrogen and oxygen atoms in total. The normalized spacial score (nSPS) is 13.6. The van der Waals surface area contributed by atoms with Crippen LogP contribution in [0.1, 0.15) is 27.9 Å². The van der Waals surface area contributed by atoms with Crippen LogP contribution in [0.4, 0.5) is 4.39 Å². The minimum absolute atomic E-state index is 0.128. The lowest BCUT2D eigenvalue weighted by Gasteiger charge is -2.32. The molecular formula is C61H48FN9O2. The number of aromatic amines is 1. The van der Waals surface area contributed by atoms with Gasteiger partial charge in [0, 0.05) is 125 Å². The van der Waals surface area contributed by atoms with Crippen molar-refractivity contribution in [1.29, 1.82) is 0 Å². The number of piperazine rings is 1. The van der Waals surface area contributed by atoms with Gasteiger partial charge in [0.2, 0.25) is 0 Å². The average molecular weight is 958 g/mol. The summed E-state index contributed by atoms with van der Waals surface area (Å²) in [5.41, 5.74) is 13.4. The van der Waals surface area contributed by atoms with Crippen LogP contribution in [-0.4, -0.2) is 77.3 Å². The third kappa shape index (κ3) is 7.83. The zero-order valence-electron chi connectivity index (χ0n) is 40.5. The summed E-state index contributed by atoms with van der Waals surface area (Å²) in [7, 11) is 2.16. The molecule has 6 aromatic heterocycles. The predicted molar refractivity (Wildman–Crippen MR) is 291 cm³/mol. The Balaban J connectivity index is 0.969. The fourth-order valence-electron chi connectivity index (χ4n) is 10.8. The lowest BCUT2D eigenvalue weighted by atomic mass is 9.94. The van der Waals surface area contributed by atoms with Gasteiger partial charge in [0.25, 0.3) is 11.1 Å². The van der Waals surface area contributed by atoms with Gasteiger partial charge in [-0.05, 0) is 151 Å². The molecular weight excluding hydrogens is 910 g/mol. The Bertz CT molecular complexity index is 4360. The smallest absolute Gasteiger partial charge is 0.255 e. The molecule has 6 aromatic carbocycles. The molecule has 0 spiro atoms. The maximum absolute atomic E-state index is 16.6. The van der Waals surface area contributed by atoms with Crippen molar-refractivity contribution in [3.63, 3.8) is 0 Å². The molecule has 1 fully saturated rings. The van der Waals surface area contributed by atoms with Crippen molar-refractivity contribution in [2.75, 3.05) is 33.2 Å². The number of pyridine rings is 5. The summed E-state index contributed by atoms with van der Waals surface area (Å²) in [6.07, 6.45) is 5.56. The van der Waals surface area contributed by atoms with Crippen LogP contribution in [-0.2, 0) is 13.0 Å². The van der Waals surface area contributed by atoms with Crippen LogP contribution in [0.5, 0.6) is 0 Å². The number of aromatic nitrogens is 7. The third-order valence-corrected chi connectivity index (χ3v) is 14.9. The molecule has 7 heterocycles. The number of benzene rings is 6. The summed E-state index contributed by atoms with van der Waals surface area (Å²) < 4.78 is 20.1. The molecule has 1 N–H and O–H groups in total. The molecule has 0 aliphatic carbocycles. The zero-order valence-corrected chi connectivity index (χ0v) is 40.5. The summed E-state index contributed by atoms with van der Waals surface area (Å²) in [4.78, 5) is 48.1. The number of hydrogen-bond acceptors (Lipinski definition) is 8. The monoisotopic (exact) mass is 957 g/mol. The second-order valence-electron chi connectivity index (χ2n) is 19.5. The van der Waals surface area contributed by atoms with Gasteiger partial charge in [0.1, 0.15) is 5.82 Å². The average Bonchev–Trinajstić information content (AvgIpc) is 3.79. The van der Waals surface area contributed by atoms with Crippen molar-refractivity contribution in [2.24, 2.45) is 0 Å². The quantitative estimate of drug-likeness (QED) is 0.150. The van der Waals surface area contributed by atoms with Crippen LogP contribution in [0.2, 0.25) is 0 Å². The number of rotatable bonds is 8. The molecule has 12 heteroatoms. The van der Waals surface area contributed by atoms with E-state index in [1.807, 2.05) is 73.8 Å². The number of H-pyrrole nitrogens is 1. The lowest BCUT2D eigenvalue weighted by Crippen LogP contribution is -2.43. The van der Waals surface area contributed by atoms with Crippen molar-refractivity contribution < 1.29 is 4.39 Å². The van der Waals surface area contributed by atoms with Crippen LogP contribution < -0.4 is 11.1 Å². The molecule has 12 aromatic rings. The van der Waals surface area contributed by atoms with Gasteiger partial charge < -0.3 is 4.90 Å². The summed E-state index contributed by atoms with van der Waals surface area (Å²) in [6.45, 7) is 9.05. The van der Waals surface area contributed by atoms with Gasteiger partial charge in [-0.3, -0.25) is 43.7 Å². The number of likely N-dealkylation sites (N-methyl/N-ethyl adjacent to an activating group) is 1. The van der Waals surface area contributed by atoms with E-state index in [4.69, 9.17) is 15.0 Å². The zero-order chi connectivity index (χ0) is 49.5. The molecule has 0 saturated carbocycles. The number of para-hydroxylation sites is 1. The van der Waals surface area contributed by atoms with Crippen LogP contribution >= 0.6 is 0 Å². The van der Waals surface area contributed by atoms with Crippen molar-refractivity contribution in [1.82, 2.24) is 44.1 Å². The Morgan fingerprint density at radius 2 is 1.21 bits per heavy atom. The van der Waals surface area contributed by atoms with E-state index < -0.39 is 5.82 Å². The highest BCUT2D eigenvalue weighted by atomic mass is 19.1. The fourth-order valence-corrected chi connectivity index (χ4v) is 10.8. The number of halogens is 1. The van der Waals surface area contributed by atoms with E-state index in [9.17, 15) is 9.59 Å². The first-order valence-electron chi connectivity index (χ1n) is 24.6. The van der Waals surface area contributed by atoms with Crippen LogP contribution in [0.3, 0.4) is 0 Å². The van der Waals surface area contributed by atoms with Gasteiger partial charge in [0.15, 0.2) is 0 Å². The molecule has 0 bridgehead atoms. The van der Waals surface area contributed by atoms with E-state index in [-0.39, 0.29) is 17.5 Å². The van der Waals surface area contributed by atoms with Crippen LogP contribution in [0, 0.1) is 19.7 Å². The molecule has 0 unspecified atom stereocenters. The third-order valence-electron chi connectivity index (χ3n) is 14.9. The number of nitrogens with zero attached hydrogens (tertiary/aromatic N) is 8. The topological polar surface area (TPSA) is 118 Å². The Hall–Kier alpha value is -8.71. The van der Waals surface area contributed by atoms with E-state index in [1.165, 1.54) is 17.7 Å². The predicted octanol–water partition coefficient (Wildman–Crippen LogP) is 11.2. The molecule has 13 rings (SSSR count). The first kappa shape index (κ1) is 44.2. The number of fused-ring (bicyclic) bond motifs is 8. The number of nitrogens with one attached hydrogen (secondary N) is 1. The number of hydrogen-bond donors (Lipinski definition) is 1. The van der Waals surface area contributed by atoms with Crippen molar-refractivity contribution >= 4 is 65.4 Å². The molecule has 0 radical (unpaired) electrons. The minimum atomic E-state index is -0.425. The minimum Gasteiger partial charge on any atom is -0.304 e. The van der Waals surface area contributed by atoms with E-state index in [0.29, 0.717) is 27.8 Å². The maximum Gasteiger partial charge on any atom is 0.255 e. The van der Waals surface area contributed by atoms with Crippen molar-refractivity contribution in [3.8, 4) is 33.6 Å². The molecule has 1 aliphatic heterocycles. The fraction of sp³-hybridized carbons (Fsp3) is 0.148. The van der Waals surface area contributed by atoms with Crippen LogP contribution in [0.15, 0.2) is 168 Å². The molecule has 0 atom stereocenters. The number of aryl methyl sites for hydroxylation is 2. The highest BCUT2D eigenvalue weighted by Gasteiger charge is 2.21. The first-order chi connectivity index (χ1) is 35.6. The van der Waals surface area contributed by atoms with Crippen molar-refractivity contribution in [2.45, 2.75) is 26.8 Å². The summed E-state index contributed by atoms with van der Waals surface area (Å²) in [5.74, 6) is -0.425. The van der Waals surface area contributed by atoms with E-state index in [0.717, 1.165) is 126 Å². The SMILES string of the molecule is Cc1cc(-n2c(=O)ccc3cnc4c(Cc5cc(-n6c(=O)ccc7cnc8ccc(-c9ccc%10n[nH]c(C)c%10c9)cc8c76)ccc5F)cc(-c5cnc6ccccc6c5)cc4c32)ccc1CN1CCN(C)CC1. The van der Waals surface area contributed by atoms with E-state index in [2.05, 4.69) is 76.4 Å². The molecule has 73 heavy (non-hydrogen) atoms. The maximum atomic E-state index is 16.6. The van der Waals surface area contributed by atoms with Crippen molar-refractivity contribution in [3.05, 3.63) is 213 Å². The largest absolute Gasteiger partial charge is 0.304 e. The second-order valence-corrected chi connectivity index (χ2v) is 19.5. The highest BCUT2D eigenvalue weighted by Crippen LogP contribution is 2.36. The Kier molecular flexibility index (Phi) is 10.6. The molecule has 1 aliphatic rings. The van der Waals surface area contributed by atoms with Gasteiger partial charge >= 0.3 is 0 Å². The van der Waals surface area contributed by atoms with Gasteiger partial charge in [-0.25, -0.2) is 4.39 Å². The van der Waals surface area contributed by atoms with E-state index >= 15 is 4.39 Å². The summed E-state index contributed by atoms with van der Waals surface area (Å²) >= 11 is 0. The highest BCUT2D eigenvalue weighted by molar-refractivity contribution is 6.08.